The molecule has 0 spiro atoms. The number of morpholine rings is 1. The van der Waals surface area contributed by atoms with Crippen LogP contribution in [0.15, 0.2) is 30.3 Å². The molecule has 3 aliphatic heterocycles. The summed E-state index contributed by atoms with van der Waals surface area (Å²) in [5.74, 6) is -0.915. The molecule has 3 fully saturated rings. The van der Waals surface area contributed by atoms with Crippen molar-refractivity contribution in [3.8, 4) is 0 Å². The number of likely N-dealkylation sites (N-methyl/N-ethyl adjacent to an activating group) is 1. The number of rotatable bonds is 4. The Kier molecular flexibility index (Phi) is 4.78. The van der Waals surface area contributed by atoms with E-state index >= 15 is 0 Å². The number of epoxide rings is 1. The predicted molar refractivity (Wildman–Crippen MR) is 79.4 cm³/mol. The quantitative estimate of drug-likeness (QED) is 0.478. The van der Waals surface area contributed by atoms with Gasteiger partial charge in [-0.2, -0.15) is 0 Å². The molecule has 126 valence electrons. The van der Waals surface area contributed by atoms with Gasteiger partial charge >= 0.3 is 5.97 Å². The zero-order valence-electron chi connectivity index (χ0n) is 13.0. The van der Waals surface area contributed by atoms with E-state index in [1.807, 2.05) is 30.3 Å². The number of hydrogen-bond acceptors (Lipinski definition) is 5. The van der Waals surface area contributed by atoms with Gasteiger partial charge in [-0.15, -0.1) is 0 Å². The fourth-order valence-electron chi connectivity index (χ4n) is 4.04. The zero-order chi connectivity index (χ0) is 15.3. The predicted octanol–water partition coefficient (Wildman–Crippen LogP) is -2.08. The van der Waals surface area contributed by atoms with Gasteiger partial charge in [-0.3, -0.25) is 9.69 Å². The molecule has 3 saturated heterocycles. The van der Waals surface area contributed by atoms with Crippen LogP contribution in [-0.2, 0) is 14.3 Å². The van der Waals surface area contributed by atoms with Gasteiger partial charge in [0.15, 0.2) is 0 Å². The number of esters is 1. The van der Waals surface area contributed by atoms with Gasteiger partial charge in [-0.1, -0.05) is 30.3 Å². The van der Waals surface area contributed by atoms with Crippen LogP contribution in [0.1, 0.15) is 24.3 Å². The third kappa shape index (κ3) is 2.93. The van der Waals surface area contributed by atoms with Crippen LogP contribution < -0.4 is 17.0 Å². The number of ether oxygens (including phenoxy) is 2. The second kappa shape index (κ2) is 6.51. The van der Waals surface area contributed by atoms with E-state index in [9.17, 15) is 9.90 Å². The van der Waals surface area contributed by atoms with E-state index in [4.69, 9.17) is 9.47 Å². The highest BCUT2D eigenvalue weighted by Crippen LogP contribution is 2.48. The van der Waals surface area contributed by atoms with Crippen LogP contribution in [0.3, 0.4) is 0 Å². The van der Waals surface area contributed by atoms with Crippen LogP contribution >= 0.6 is 0 Å². The van der Waals surface area contributed by atoms with Gasteiger partial charge in [0.1, 0.15) is 24.2 Å². The van der Waals surface area contributed by atoms with E-state index in [1.54, 1.807) is 0 Å². The fraction of sp³-hybridized carbons (Fsp3) is 0.588. The highest BCUT2D eigenvalue weighted by Gasteiger charge is 2.62. The van der Waals surface area contributed by atoms with Crippen LogP contribution in [0.4, 0.5) is 0 Å². The van der Waals surface area contributed by atoms with E-state index in [0.29, 0.717) is 24.3 Å². The van der Waals surface area contributed by atoms with Crippen LogP contribution in [0.5, 0.6) is 0 Å². The van der Waals surface area contributed by atoms with Crippen molar-refractivity contribution in [2.24, 2.45) is 0 Å². The van der Waals surface area contributed by atoms with Crippen molar-refractivity contribution < 1.29 is 36.4 Å². The molecular weight excluding hydrogens is 362 g/mol. The lowest BCUT2D eigenvalue weighted by Crippen LogP contribution is -3.00. The molecule has 3 heterocycles. The molecule has 3 aliphatic rings. The Labute approximate surface area is 146 Å². The molecule has 1 aromatic rings. The summed E-state index contributed by atoms with van der Waals surface area (Å²) in [4.78, 5) is 14.8. The van der Waals surface area contributed by atoms with Crippen LogP contribution in [0.2, 0.25) is 0 Å². The summed E-state index contributed by atoms with van der Waals surface area (Å²) in [6.45, 7) is -0.226. The zero-order valence-corrected chi connectivity index (χ0v) is 14.6. The summed E-state index contributed by atoms with van der Waals surface area (Å²) in [7, 11) is 2.13. The first-order valence-electron chi connectivity index (χ1n) is 7.92. The fourth-order valence-corrected chi connectivity index (χ4v) is 4.04. The normalized spacial score (nSPS) is 35.8. The Bertz CT molecular complexity index is 551. The molecule has 2 bridgehead atoms. The highest BCUT2D eigenvalue weighted by atomic mass is 79.9. The molecule has 0 saturated carbocycles. The summed E-state index contributed by atoms with van der Waals surface area (Å²) in [5, 5.41) is 9.56. The second-order valence-electron chi connectivity index (χ2n) is 6.54. The molecule has 4 rings (SSSR count). The van der Waals surface area contributed by atoms with Crippen LogP contribution in [-0.4, -0.2) is 60.0 Å². The van der Waals surface area contributed by atoms with E-state index in [-0.39, 0.29) is 35.7 Å². The van der Waals surface area contributed by atoms with Gasteiger partial charge in [-0.05, 0) is 12.6 Å². The average molecular weight is 383 g/mol. The lowest BCUT2D eigenvalue weighted by atomic mass is 9.97. The number of halogens is 1. The molecular formula is C17H21BrNO4-. The number of aliphatic hydroxyl groups excluding tert-OH is 1. The summed E-state index contributed by atoms with van der Waals surface area (Å²) in [6, 6.07) is 10.1. The summed E-state index contributed by atoms with van der Waals surface area (Å²) >= 11 is 0. The van der Waals surface area contributed by atoms with E-state index < -0.39 is 5.92 Å². The Morgan fingerprint density at radius 2 is 1.91 bits per heavy atom. The minimum absolute atomic E-state index is 0. The van der Waals surface area contributed by atoms with E-state index in [0.717, 1.165) is 18.4 Å². The number of hydrogen-bond donors (Lipinski definition) is 1. The molecule has 5 atom stereocenters. The number of piperidine rings is 1. The Hall–Kier alpha value is -0.950. The van der Waals surface area contributed by atoms with Crippen molar-refractivity contribution in [1.29, 1.82) is 0 Å². The highest BCUT2D eigenvalue weighted by molar-refractivity contribution is 5.78. The smallest absolute Gasteiger partial charge is 0.316 e. The lowest BCUT2D eigenvalue weighted by molar-refractivity contribution is -0.156. The molecule has 5 nitrogen and oxygen atoms in total. The third-order valence-corrected chi connectivity index (χ3v) is 5.33. The minimum atomic E-state index is -0.593. The van der Waals surface area contributed by atoms with Crippen molar-refractivity contribution in [3.63, 3.8) is 0 Å². The average Bonchev–Trinajstić information content (AvgIpc) is 3.27. The van der Waals surface area contributed by atoms with Gasteiger partial charge < -0.3 is 31.6 Å². The first-order valence-corrected chi connectivity index (χ1v) is 7.92. The molecule has 6 heteroatoms. The van der Waals surface area contributed by atoms with Gasteiger partial charge in [0.05, 0.1) is 6.61 Å². The van der Waals surface area contributed by atoms with Crippen molar-refractivity contribution in [3.05, 3.63) is 35.9 Å². The standard InChI is InChI=1S/C17H21NO4.BrH/c1-18-13-7-11(8-14(18)16-15(13)22-16)21-17(20)12(9-19)10-5-3-2-4-6-10;/h2-6,11-16,19H,7-9H2,1H3;1H/p-1/t11?,12-,13?,14?,15?,16?;/m1./s1. The van der Waals surface area contributed by atoms with Gasteiger partial charge in [0.2, 0.25) is 0 Å². The SMILES string of the molecule is CN1C2CC(OC(=O)[C@H](CO)c3ccccc3)CC1C1OC12.[Br-]. The maximum Gasteiger partial charge on any atom is 0.316 e. The number of benzene rings is 1. The molecule has 0 aromatic heterocycles. The van der Waals surface area contributed by atoms with Crippen molar-refractivity contribution in [2.45, 2.75) is 49.2 Å². The lowest BCUT2D eigenvalue weighted by Gasteiger charge is -2.38. The largest absolute Gasteiger partial charge is 1.00 e. The molecule has 1 aromatic carbocycles. The Balaban J connectivity index is 0.00000156. The molecule has 0 radical (unpaired) electrons. The molecule has 23 heavy (non-hydrogen) atoms. The number of aliphatic hydroxyl groups is 1. The Morgan fingerprint density at radius 3 is 2.48 bits per heavy atom. The van der Waals surface area contributed by atoms with Crippen molar-refractivity contribution in [1.82, 2.24) is 4.90 Å². The van der Waals surface area contributed by atoms with Crippen LogP contribution in [0.25, 0.3) is 0 Å². The van der Waals surface area contributed by atoms with E-state index in [2.05, 4.69) is 11.9 Å². The second-order valence-corrected chi connectivity index (χ2v) is 6.54. The van der Waals surface area contributed by atoms with E-state index in [1.165, 1.54) is 0 Å². The topological polar surface area (TPSA) is 62.3 Å². The van der Waals surface area contributed by atoms with Gasteiger partial charge in [0, 0.05) is 24.9 Å². The molecule has 4 unspecified atom stereocenters. The summed E-state index contributed by atoms with van der Waals surface area (Å²) in [5.41, 5.74) is 0.803. The first kappa shape index (κ1) is 16.9. The van der Waals surface area contributed by atoms with Crippen molar-refractivity contribution >= 4 is 5.97 Å². The summed E-state index contributed by atoms with van der Waals surface area (Å²) in [6.07, 6.45) is 2.26. The monoisotopic (exact) mass is 382 g/mol. The van der Waals surface area contributed by atoms with Gasteiger partial charge in [0.25, 0.3) is 0 Å². The minimum Gasteiger partial charge on any atom is -1.00 e. The van der Waals surface area contributed by atoms with Crippen molar-refractivity contribution in [2.75, 3.05) is 13.7 Å². The number of nitrogens with zero attached hydrogens (tertiary/aromatic N) is 1. The molecule has 1 N–H and O–H groups in total. The molecule has 0 aliphatic carbocycles. The first-order chi connectivity index (χ1) is 10.7. The Morgan fingerprint density at radius 1 is 1.30 bits per heavy atom. The maximum atomic E-state index is 12.4. The molecule has 0 amide bonds. The van der Waals surface area contributed by atoms with Gasteiger partial charge in [-0.25, -0.2) is 0 Å². The van der Waals surface area contributed by atoms with Crippen LogP contribution in [0, 0.1) is 0 Å². The summed E-state index contributed by atoms with van der Waals surface area (Å²) < 4.78 is 11.4. The number of carbonyl (C=O) groups excluding carboxylic acids is 1. The number of carbonyl (C=O) groups is 1. The maximum absolute atomic E-state index is 12.4. The number of fused-ring (bicyclic) bond motifs is 5. The third-order valence-electron chi connectivity index (χ3n) is 5.33.